The van der Waals surface area contributed by atoms with Gasteiger partial charge in [-0.05, 0) is 30.3 Å². The average Bonchev–Trinajstić information content (AvgIpc) is 3.19. The molecule has 0 fully saturated rings. The van der Waals surface area contributed by atoms with Crippen LogP contribution in [0.4, 0.5) is 5.69 Å². The summed E-state index contributed by atoms with van der Waals surface area (Å²) < 4.78 is 38.4. The normalized spacial score (nSPS) is 13.0. The highest BCUT2D eigenvalue weighted by Crippen LogP contribution is 2.38. The van der Waals surface area contributed by atoms with Crippen LogP contribution < -0.4 is 14.2 Å². The summed E-state index contributed by atoms with van der Waals surface area (Å²) in [6, 6.07) is 11.5. The van der Waals surface area contributed by atoms with Crippen LogP contribution in [0.5, 0.6) is 11.5 Å². The molecule has 0 saturated heterocycles. The Morgan fingerprint density at radius 2 is 1.83 bits per heavy atom. The predicted molar refractivity (Wildman–Crippen MR) is 86.4 cm³/mol. The molecule has 1 aliphatic rings. The number of benzene rings is 2. The Labute approximate surface area is 137 Å². The van der Waals surface area contributed by atoms with E-state index in [2.05, 4.69) is 9.71 Å². The molecule has 0 saturated carbocycles. The van der Waals surface area contributed by atoms with Crippen molar-refractivity contribution in [3.63, 3.8) is 0 Å². The van der Waals surface area contributed by atoms with Crippen LogP contribution in [0.25, 0.3) is 10.9 Å². The molecule has 4 rings (SSSR count). The predicted octanol–water partition coefficient (Wildman–Crippen LogP) is 2.57. The second-order valence-corrected chi connectivity index (χ2v) is 6.85. The van der Waals surface area contributed by atoms with Crippen molar-refractivity contribution in [2.45, 2.75) is 4.90 Å². The third-order valence-corrected chi connectivity index (χ3v) is 5.11. The van der Waals surface area contributed by atoms with Gasteiger partial charge in [0.05, 0.1) is 17.1 Å². The minimum atomic E-state index is -3.79. The zero-order chi connectivity index (χ0) is 16.7. The Kier molecular flexibility index (Phi) is 3.11. The van der Waals surface area contributed by atoms with Crippen molar-refractivity contribution in [3.8, 4) is 17.6 Å². The van der Waals surface area contributed by atoms with Crippen molar-refractivity contribution in [2.75, 3.05) is 11.5 Å². The van der Waals surface area contributed by atoms with Crippen molar-refractivity contribution in [1.82, 2.24) is 4.98 Å². The van der Waals surface area contributed by atoms with Crippen LogP contribution in [-0.4, -0.2) is 20.2 Å². The van der Waals surface area contributed by atoms with Gasteiger partial charge in [0.1, 0.15) is 4.90 Å². The van der Waals surface area contributed by atoms with Gasteiger partial charge in [-0.1, -0.05) is 0 Å². The third-order valence-electron chi connectivity index (χ3n) is 3.69. The Morgan fingerprint density at radius 1 is 1.12 bits per heavy atom. The summed E-state index contributed by atoms with van der Waals surface area (Å²) in [4.78, 5) is 3.04. The number of sulfonamides is 1. The summed E-state index contributed by atoms with van der Waals surface area (Å²) in [5, 5.41) is 9.31. The molecule has 2 N–H and O–H groups in total. The molecule has 0 amide bonds. The van der Waals surface area contributed by atoms with Crippen LogP contribution in [0, 0.1) is 11.3 Å². The molecule has 1 aliphatic heterocycles. The van der Waals surface area contributed by atoms with E-state index in [0.29, 0.717) is 33.7 Å². The van der Waals surface area contributed by atoms with Crippen LogP contribution in [0.2, 0.25) is 0 Å². The molecule has 0 unspecified atom stereocenters. The Balaban J connectivity index is 1.74. The number of hydrogen-bond donors (Lipinski definition) is 2. The van der Waals surface area contributed by atoms with Gasteiger partial charge in [0, 0.05) is 23.3 Å². The van der Waals surface area contributed by atoms with Gasteiger partial charge in [0.2, 0.25) is 6.79 Å². The molecular formula is C16H11N3O4S. The van der Waals surface area contributed by atoms with Crippen LogP contribution in [0.3, 0.4) is 0 Å². The Hall–Kier alpha value is -3.18. The summed E-state index contributed by atoms with van der Waals surface area (Å²) >= 11 is 0. The lowest BCUT2D eigenvalue weighted by molar-refractivity contribution is 0.174. The van der Waals surface area contributed by atoms with Crippen LogP contribution in [0.15, 0.2) is 47.5 Å². The smallest absolute Gasteiger partial charge is 0.264 e. The number of hydrogen-bond acceptors (Lipinski definition) is 5. The molecule has 0 radical (unpaired) electrons. The molecule has 0 atom stereocenters. The highest BCUT2D eigenvalue weighted by atomic mass is 32.2. The van der Waals surface area contributed by atoms with E-state index in [1.807, 2.05) is 6.07 Å². The average molecular weight is 341 g/mol. The first-order valence-corrected chi connectivity index (χ1v) is 8.49. The largest absolute Gasteiger partial charge is 0.454 e. The number of nitrogens with zero attached hydrogens (tertiary/aromatic N) is 1. The number of fused-ring (bicyclic) bond motifs is 2. The fourth-order valence-electron chi connectivity index (χ4n) is 2.53. The number of H-pyrrole nitrogens is 1. The van der Waals surface area contributed by atoms with E-state index in [-0.39, 0.29) is 11.7 Å². The molecule has 3 aromatic rings. The lowest BCUT2D eigenvalue weighted by Crippen LogP contribution is -2.12. The molecule has 0 aliphatic carbocycles. The van der Waals surface area contributed by atoms with Crippen LogP contribution in [0.1, 0.15) is 5.56 Å². The molecule has 7 nitrogen and oxygen atoms in total. The van der Waals surface area contributed by atoms with Gasteiger partial charge in [-0.15, -0.1) is 0 Å². The van der Waals surface area contributed by atoms with Gasteiger partial charge in [0.15, 0.2) is 11.5 Å². The van der Waals surface area contributed by atoms with Crippen molar-refractivity contribution in [3.05, 3.63) is 48.2 Å². The highest BCUT2D eigenvalue weighted by molar-refractivity contribution is 7.93. The van der Waals surface area contributed by atoms with Crippen LogP contribution in [-0.2, 0) is 10.0 Å². The number of aromatic nitrogens is 1. The zero-order valence-electron chi connectivity index (χ0n) is 12.2. The molecule has 0 bridgehead atoms. The standard InChI is InChI=1S/C16H11N3O4S/c17-7-10-1-3-11(4-2-10)19-24(20,21)16-8-18-13-6-15-14(5-12(13)16)22-9-23-15/h1-6,8,18-19H,9H2. The first kappa shape index (κ1) is 14.4. The zero-order valence-corrected chi connectivity index (χ0v) is 13.1. The monoisotopic (exact) mass is 341 g/mol. The molecule has 2 aromatic carbocycles. The molecular weight excluding hydrogens is 330 g/mol. The summed E-state index contributed by atoms with van der Waals surface area (Å²) in [5.74, 6) is 1.09. The number of anilines is 1. The minimum absolute atomic E-state index is 0.111. The van der Waals surface area contributed by atoms with Gasteiger partial charge < -0.3 is 14.5 Å². The lowest BCUT2D eigenvalue weighted by atomic mass is 10.2. The first-order valence-electron chi connectivity index (χ1n) is 7.00. The van der Waals surface area contributed by atoms with Crippen molar-refractivity contribution in [2.24, 2.45) is 0 Å². The lowest BCUT2D eigenvalue weighted by Gasteiger charge is -2.07. The summed E-state index contributed by atoms with van der Waals surface area (Å²) in [6.45, 7) is 0.119. The second kappa shape index (κ2) is 5.18. The Bertz CT molecular complexity index is 1080. The maximum atomic E-state index is 12.7. The molecule has 1 aromatic heterocycles. The van der Waals surface area contributed by atoms with Gasteiger partial charge >= 0.3 is 0 Å². The number of nitriles is 1. The number of ether oxygens (including phenoxy) is 2. The molecule has 120 valence electrons. The molecule has 24 heavy (non-hydrogen) atoms. The third kappa shape index (κ3) is 2.31. The van der Waals surface area contributed by atoms with E-state index >= 15 is 0 Å². The molecule has 2 heterocycles. The summed E-state index contributed by atoms with van der Waals surface area (Å²) in [6.07, 6.45) is 1.42. The highest BCUT2D eigenvalue weighted by Gasteiger charge is 2.23. The van der Waals surface area contributed by atoms with Gasteiger partial charge in [-0.25, -0.2) is 8.42 Å². The maximum Gasteiger partial charge on any atom is 0.264 e. The van der Waals surface area contributed by atoms with Crippen molar-refractivity contribution in [1.29, 1.82) is 5.26 Å². The Morgan fingerprint density at radius 3 is 2.54 bits per heavy atom. The van der Waals surface area contributed by atoms with Gasteiger partial charge in [0.25, 0.3) is 10.0 Å². The van der Waals surface area contributed by atoms with Gasteiger partial charge in [-0.2, -0.15) is 5.26 Å². The quantitative estimate of drug-likeness (QED) is 0.762. The summed E-state index contributed by atoms with van der Waals surface area (Å²) in [7, 11) is -3.79. The molecule has 0 spiro atoms. The fraction of sp³-hybridized carbons (Fsp3) is 0.0625. The van der Waals surface area contributed by atoms with E-state index in [9.17, 15) is 8.42 Å². The summed E-state index contributed by atoms with van der Waals surface area (Å²) in [5.41, 5.74) is 1.47. The maximum absolute atomic E-state index is 12.7. The van der Waals surface area contributed by atoms with E-state index in [0.717, 1.165) is 0 Å². The van der Waals surface area contributed by atoms with Gasteiger partial charge in [-0.3, -0.25) is 4.72 Å². The van der Waals surface area contributed by atoms with Crippen molar-refractivity contribution < 1.29 is 17.9 Å². The van der Waals surface area contributed by atoms with E-state index in [1.54, 1.807) is 36.4 Å². The SMILES string of the molecule is N#Cc1ccc(NS(=O)(=O)c2c[nH]c3cc4c(cc23)OCO4)cc1. The molecule has 8 heteroatoms. The fourth-order valence-corrected chi connectivity index (χ4v) is 3.76. The number of rotatable bonds is 3. The van der Waals surface area contributed by atoms with E-state index in [4.69, 9.17) is 14.7 Å². The van der Waals surface area contributed by atoms with E-state index in [1.165, 1.54) is 6.20 Å². The topological polar surface area (TPSA) is 104 Å². The van der Waals surface area contributed by atoms with Crippen LogP contribution >= 0.6 is 0 Å². The number of nitrogens with one attached hydrogen (secondary N) is 2. The minimum Gasteiger partial charge on any atom is -0.454 e. The second-order valence-electron chi connectivity index (χ2n) is 5.20. The first-order chi connectivity index (χ1) is 11.6. The van der Waals surface area contributed by atoms with E-state index < -0.39 is 10.0 Å². The number of aromatic amines is 1. The van der Waals surface area contributed by atoms with Crippen molar-refractivity contribution >= 4 is 26.6 Å².